The third-order valence-corrected chi connectivity index (χ3v) is 5.59. The average Bonchev–Trinajstić information content (AvgIpc) is 3.08. The van der Waals surface area contributed by atoms with Gasteiger partial charge in [0.1, 0.15) is 5.82 Å². The molecule has 1 fully saturated rings. The Morgan fingerprint density at radius 3 is 2.76 bits per heavy atom. The lowest BCUT2D eigenvalue weighted by Crippen LogP contribution is -2.35. The zero-order chi connectivity index (χ0) is 17.2. The Balaban J connectivity index is 1.61. The van der Waals surface area contributed by atoms with E-state index < -0.39 is 0 Å². The van der Waals surface area contributed by atoms with Gasteiger partial charge in [-0.2, -0.15) is 0 Å². The fourth-order valence-electron chi connectivity index (χ4n) is 3.29. The number of aromatic nitrogens is 4. The molecule has 3 aromatic rings. The summed E-state index contributed by atoms with van der Waals surface area (Å²) in [5, 5.41) is 1.25. The first-order valence-corrected chi connectivity index (χ1v) is 9.44. The van der Waals surface area contributed by atoms with Gasteiger partial charge in [-0.15, -0.1) is 11.3 Å². The Bertz CT molecular complexity index is 861. The van der Waals surface area contributed by atoms with Crippen molar-refractivity contribution in [3.05, 3.63) is 52.4 Å². The molecular formula is C19H21N5S. The molecule has 1 atom stereocenters. The molecule has 25 heavy (non-hydrogen) atoms. The van der Waals surface area contributed by atoms with Crippen LogP contribution in [0.15, 0.2) is 36.8 Å². The third kappa shape index (κ3) is 3.54. The van der Waals surface area contributed by atoms with Crippen molar-refractivity contribution in [2.45, 2.75) is 32.6 Å². The molecule has 4 rings (SSSR count). The maximum absolute atomic E-state index is 4.83. The summed E-state index contributed by atoms with van der Waals surface area (Å²) in [6.07, 6.45) is 7.90. The molecular weight excluding hydrogens is 330 g/mol. The lowest BCUT2D eigenvalue weighted by molar-refractivity contribution is 0.505. The molecule has 0 spiro atoms. The highest BCUT2D eigenvalue weighted by Crippen LogP contribution is 2.32. The normalized spacial score (nSPS) is 17.7. The Kier molecular flexibility index (Phi) is 4.44. The quantitative estimate of drug-likeness (QED) is 0.714. The lowest BCUT2D eigenvalue weighted by atomic mass is 9.99. The van der Waals surface area contributed by atoms with E-state index in [-0.39, 0.29) is 0 Å². The number of pyridine rings is 1. The number of hydrogen-bond acceptors (Lipinski definition) is 6. The molecule has 0 amide bonds. The topological polar surface area (TPSA) is 54.8 Å². The van der Waals surface area contributed by atoms with Gasteiger partial charge in [0.2, 0.25) is 0 Å². The second-order valence-electron chi connectivity index (χ2n) is 6.52. The number of thiazole rings is 1. The summed E-state index contributed by atoms with van der Waals surface area (Å²) in [6, 6.07) is 5.99. The largest absolute Gasteiger partial charge is 0.356 e. The van der Waals surface area contributed by atoms with E-state index >= 15 is 0 Å². The minimum absolute atomic E-state index is 0.493. The van der Waals surface area contributed by atoms with Gasteiger partial charge in [-0.25, -0.2) is 15.0 Å². The van der Waals surface area contributed by atoms with Gasteiger partial charge in [0.15, 0.2) is 5.82 Å². The van der Waals surface area contributed by atoms with Crippen LogP contribution in [-0.4, -0.2) is 33.0 Å². The Hall–Kier alpha value is -2.34. The van der Waals surface area contributed by atoms with Crippen molar-refractivity contribution < 1.29 is 0 Å². The Labute approximate surface area is 151 Å². The fraction of sp³-hybridized carbons (Fsp3) is 0.368. The first kappa shape index (κ1) is 16.1. The van der Waals surface area contributed by atoms with Crippen molar-refractivity contribution >= 4 is 17.2 Å². The van der Waals surface area contributed by atoms with Crippen LogP contribution in [0.4, 0.5) is 5.82 Å². The summed E-state index contributed by atoms with van der Waals surface area (Å²) in [5.74, 6) is 2.27. The van der Waals surface area contributed by atoms with Gasteiger partial charge in [0, 0.05) is 59.8 Å². The highest BCUT2D eigenvalue weighted by atomic mass is 32.1. The van der Waals surface area contributed by atoms with Gasteiger partial charge in [-0.05, 0) is 38.8 Å². The third-order valence-electron chi connectivity index (χ3n) is 4.51. The SMILES string of the molecule is Cc1cc(N2CCC[C@H](c3ncc(C)s3)C2)nc(-c2ccncc2)n1. The van der Waals surface area contributed by atoms with Gasteiger partial charge in [-0.3, -0.25) is 4.98 Å². The summed E-state index contributed by atoms with van der Waals surface area (Å²) in [5.41, 5.74) is 1.99. The van der Waals surface area contributed by atoms with E-state index in [9.17, 15) is 0 Å². The van der Waals surface area contributed by atoms with Crippen LogP contribution in [0.3, 0.4) is 0 Å². The van der Waals surface area contributed by atoms with E-state index in [1.807, 2.05) is 36.6 Å². The molecule has 0 unspecified atom stereocenters. The smallest absolute Gasteiger partial charge is 0.161 e. The van der Waals surface area contributed by atoms with Crippen LogP contribution < -0.4 is 4.90 Å². The summed E-state index contributed by atoms with van der Waals surface area (Å²) in [6.45, 7) is 6.16. The monoisotopic (exact) mass is 351 g/mol. The summed E-state index contributed by atoms with van der Waals surface area (Å²) < 4.78 is 0. The van der Waals surface area contributed by atoms with Crippen molar-refractivity contribution in [3.8, 4) is 11.4 Å². The molecule has 0 N–H and O–H groups in total. The minimum atomic E-state index is 0.493. The molecule has 1 saturated heterocycles. The van der Waals surface area contributed by atoms with Crippen molar-refractivity contribution in [1.82, 2.24) is 19.9 Å². The molecule has 0 radical (unpaired) electrons. The molecule has 0 saturated carbocycles. The molecule has 6 heteroatoms. The molecule has 1 aliphatic heterocycles. The van der Waals surface area contributed by atoms with Gasteiger partial charge in [-0.1, -0.05) is 0 Å². The number of piperidine rings is 1. The number of rotatable bonds is 3. The minimum Gasteiger partial charge on any atom is -0.356 e. The van der Waals surface area contributed by atoms with Crippen molar-refractivity contribution in [2.75, 3.05) is 18.0 Å². The zero-order valence-electron chi connectivity index (χ0n) is 14.5. The molecule has 0 aliphatic carbocycles. The predicted octanol–water partition coefficient (Wildman–Crippen LogP) is 4.00. The average molecular weight is 351 g/mol. The number of nitrogens with zero attached hydrogens (tertiary/aromatic N) is 5. The Morgan fingerprint density at radius 2 is 2.00 bits per heavy atom. The van der Waals surface area contributed by atoms with Crippen LogP contribution in [0, 0.1) is 13.8 Å². The molecule has 0 aromatic carbocycles. The maximum atomic E-state index is 4.83. The maximum Gasteiger partial charge on any atom is 0.161 e. The summed E-state index contributed by atoms with van der Waals surface area (Å²) in [7, 11) is 0. The number of anilines is 1. The van der Waals surface area contributed by atoms with Crippen LogP contribution in [-0.2, 0) is 0 Å². The second kappa shape index (κ2) is 6.88. The van der Waals surface area contributed by atoms with Crippen molar-refractivity contribution in [1.29, 1.82) is 0 Å². The molecule has 4 heterocycles. The molecule has 5 nitrogen and oxygen atoms in total. The first-order chi connectivity index (χ1) is 12.2. The highest BCUT2D eigenvalue weighted by molar-refractivity contribution is 7.11. The fourth-order valence-corrected chi connectivity index (χ4v) is 4.19. The standard InChI is InChI=1S/C19H21N5S/c1-13-10-17(23-18(22-13)15-5-7-20-8-6-15)24-9-3-4-16(12-24)19-21-11-14(2)25-19/h5-8,10-11,16H,3-4,9,12H2,1-2H3/t16-/m0/s1. The van der Waals surface area contributed by atoms with Crippen LogP contribution in [0.1, 0.15) is 34.3 Å². The molecule has 3 aromatic heterocycles. The van der Waals surface area contributed by atoms with Crippen LogP contribution in [0.5, 0.6) is 0 Å². The van der Waals surface area contributed by atoms with Crippen molar-refractivity contribution in [3.63, 3.8) is 0 Å². The molecule has 1 aliphatic rings. The van der Waals surface area contributed by atoms with Gasteiger partial charge in [0.25, 0.3) is 0 Å². The van der Waals surface area contributed by atoms with Gasteiger partial charge < -0.3 is 4.90 Å². The van der Waals surface area contributed by atoms with Crippen molar-refractivity contribution in [2.24, 2.45) is 0 Å². The van der Waals surface area contributed by atoms with E-state index in [1.165, 1.54) is 16.3 Å². The molecule has 128 valence electrons. The van der Waals surface area contributed by atoms with E-state index in [4.69, 9.17) is 4.98 Å². The zero-order valence-corrected chi connectivity index (χ0v) is 15.3. The van der Waals surface area contributed by atoms with E-state index in [1.54, 1.807) is 12.4 Å². The van der Waals surface area contributed by atoms with E-state index in [0.29, 0.717) is 5.92 Å². The number of aryl methyl sites for hydroxylation is 2. The van der Waals surface area contributed by atoms with Crippen LogP contribution >= 0.6 is 11.3 Å². The van der Waals surface area contributed by atoms with Gasteiger partial charge >= 0.3 is 0 Å². The highest BCUT2D eigenvalue weighted by Gasteiger charge is 2.25. The van der Waals surface area contributed by atoms with Crippen LogP contribution in [0.2, 0.25) is 0 Å². The summed E-state index contributed by atoms with van der Waals surface area (Å²) >= 11 is 1.82. The van der Waals surface area contributed by atoms with E-state index in [2.05, 4.69) is 32.8 Å². The summed E-state index contributed by atoms with van der Waals surface area (Å²) in [4.78, 5) is 21.8. The first-order valence-electron chi connectivity index (χ1n) is 8.62. The van der Waals surface area contributed by atoms with Gasteiger partial charge in [0.05, 0.1) is 5.01 Å². The number of hydrogen-bond donors (Lipinski definition) is 0. The molecule has 0 bridgehead atoms. The second-order valence-corrected chi connectivity index (χ2v) is 7.79. The Morgan fingerprint density at radius 1 is 1.16 bits per heavy atom. The van der Waals surface area contributed by atoms with E-state index in [0.717, 1.165) is 42.4 Å². The predicted molar refractivity (Wildman–Crippen MR) is 101 cm³/mol. The van der Waals surface area contributed by atoms with Crippen LogP contribution in [0.25, 0.3) is 11.4 Å². The lowest BCUT2D eigenvalue weighted by Gasteiger charge is -2.33.